The Labute approximate surface area is 108 Å². The Morgan fingerprint density at radius 1 is 1.28 bits per heavy atom. The summed E-state index contributed by atoms with van der Waals surface area (Å²) in [6.07, 6.45) is 0. The van der Waals surface area contributed by atoms with Gasteiger partial charge < -0.3 is 10.2 Å². The van der Waals surface area contributed by atoms with Crippen LogP contribution in [0, 0.1) is 0 Å². The van der Waals surface area contributed by atoms with Gasteiger partial charge in [-0.2, -0.15) is 0 Å². The number of benzene rings is 1. The number of carbonyl (C=O) groups is 2. The van der Waals surface area contributed by atoms with Gasteiger partial charge in [0.05, 0.1) is 0 Å². The highest BCUT2D eigenvalue weighted by molar-refractivity contribution is 5.86. The van der Waals surface area contributed by atoms with Crippen LogP contribution in [-0.4, -0.2) is 29.3 Å². The van der Waals surface area contributed by atoms with Gasteiger partial charge in [0, 0.05) is 20.0 Å². The van der Waals surface area contributed by atoms with Crippen LogP contribution >= 0.6 is 0 Å². The Bertz CT molecular complexity index is 404. The molecule has 0 saturated heterocycles. The van der Waals surface area contributed by atoms with E-state index in [0.717, 1.165) is 5.56 Å². The van der Waals surface area contributed by atoms with E-state index in [2.05, 4.69) is 5.32 Å². The van der Waals surface area contributed by atoms with Crippen LogP contribution in [0.25, 0.3) is 0 Å². The van der Waals surface area contributed by atoms with Gasteiger partial charge >= 0.3 is 0 Å². The molecule has 0 spiro atoms. The molecule has 1 atom stereocenters. The molecule has 0 radical (unpaired) electrons. The average molecular weight is 248 g/mol. The van der Waals surface area contributed by atoms with Crippen LogP contribution in [0.5, 0.6) is 0 Å². The topological polar surface area (TPSA) is 49.4 Å². The summed E-state index contributed by atoms with van der Waals surface area (Å²) in [6, 6.07) is 9.26. The largest absolute Gasteiger partial charge is 0.350 e. The van der Waals surface area contributed by atoms with E-state index in [1.807, 2.05) is 37.3 Å². The molecule has 1 N–H and O–H groups in total. The first-order chi connectivity index (χ1) is 8.56. The smallest absolute Gasteiger partial charge is 0.242 e. The molecule has 1 aromatic carbocycles. The lowest BCUT2D eigenvalue weighted by molar-refractivity contribution is -0.138. The quantitative estimate of drug-likeness (QED) is 0.859. The van der Waals surface area contributed by atoms with E-state index < -0.39 is 6.04 Å². The van der Waals surface area contributed by atoms with Crippen molar-refractivity contribution in [3.05, 3.63) is 35.9 Å². The number of carbonyl (C=O) groups excluding carboxylic acids is 2. The molecule has 98 valence electrons. The maximum Gasteiger partial charge on any atom is 0.242 e. The monoisotopic (exact) mass is 248 g/mol. The van der Waals surface area contributed by atoms with Gasteiger partial charge in [-0.3, -0.25) is 9.59 Å². The van der Waals surface area contributed by atoms with Crippen molar-refractivity contribution in [1.29, 1.82) is 0 Å². The molecule has 0 aromatic heterocycles. The highest BCUT2D eigenvalue weighted by atomic mass is 16.2. The van der Waals surface area contributed by atoms with Crippen LogP contribution in [0.4, 0.5) is 0 Å². The van der Waals surface area contributed by atoms with Crippen molar-refractivity contribution < 1.29 is 9.59 Å². The van der Waals surface area contributed by atoms with Crippen LogP contribution in [0.1, 0.15) is 26.3 Å². The summed E-state index contributed by atoms with van der Waals surface area (Å²) in [7, 11) is 0. The second kappa shape index (κ2) is 6.79. The van der Waals surface area contributed by atoms with Crippen molar-refractivity contribution in [2.24, 2.45) is 0 Å². The fraction of sp³-hybridized carbons (Fsp3) is 0.429. The zero-order valence-corrected chi connectivity index (χ0v) is 11.1. The second-order valence-corrected chi connectivity index (χ2v) is 4.18. The molecular formula is C14H20N2O2. The summed E-state index contributed by atoms with van der Waals surface area (Å²) in [4.78, 5) is 24.8. The number of nitrogens with zero attached hydrogens (tertiary/aromatic N) is 1. The molecule has 0 bridgehead atoms. The first-order valence-electron chi connectivity index (χ1n) is 6.15. The van der Waals surface area contributed by atoms with E-state index in [1.54, 1.807) is 11.8 Å². The molecule has 2 amide bonds. The first kappa shape index (κ1) is 14.2. The zero-order valence-electron chi connectivity index (χ0n) is 11.1. The molecule has 0 saturated carbocycles. The zero-order chi connectivity index (χ0) is 13.5. The van der Waals surface area contributed by atoms with E-state index in [9.17, 15) is 9.59 Å². The van der Waals surface area contributed by atoms with Crippen LogP contribution in [0.3, 0.4) is 0 Å². The molecule has 1 aromatic rings. The molecule has 0 aliphatic carbocycles. The molecule has 1 unspecified atom stereocenters. The van der Waals surface area contributed by atoms with E-state index in [1.165, 1.54) is 6.92 Å². The Morgan fingerprint density at radius 2 is 1.89 bits per heavy atom. The summed E-state index contributed by atoms with van der Waals surface area (Å²) in [6.45, 7) is 6.10. The summed E-state index contributed by atoms with van der Waals surface area (Å²) in [5.74, 6) is -0.212. The SMILES string of the molecule is CCN(C(C)=O)C(C)C(=O)NCc1ccccc1. The summed E-state index contributed by atoms with van der Waals surface area (Å²) < 4.78 is 0. The van der Waals surface area contributed by atoms with Gasteiger partial charge in [0.25, 0.3) is 0 Å². The summed E-state index contributed by atoms with van der Waals surface area (Å²) in [5, 5.41) is 2.84. The lowest BCUT2D eigenvalue weighted by Crippen LogP contribution is -2.46. The second-order valence-electron chi connectivity index (χ2n) is 4.18. The van der Waals surface area contributed by atoms with Crippen molar-refractivity contribution in [3.63, 3.8) is 0 Å². The lowest BCUT2D eigenvalue weighted by Gasteiger charge is -2.25. The van der Waals surface area contributed by atoms with E-state index in [0.29, 0.717) is 13.1 Å². The standard InChI is InChI=1S/C14H20N2O2/c1-4-16(12(3)17)11(2)14(18)15-10-13-8-6-5-7-9-13/h5-9,11H,4,10H2,1-3H3,(H,15,18). The first-order valence-corrected chi connectivity index (χ1v) is 6.15. The van der Waals surface area contributed by atoms with Crippen molar-refractivity contribution >= 4 is 11.8 Å². The van der Waals surface area contributed by atoms with Crippen LogP contribution in [-0.2, 0) is 16.1 Å². The third-order valence-electron chi connectivity index (χ3n) is 2.90. The minimum absolute atomic E-state index is 0.0835. The van der Waals surface area contributed by atoms with Gasteiger partial charge in [0.15, 0.2) is 0 Å². The number of hydrogen-bond acceptors (Lipinski definition) is 2. The Balaban J connectivity index is 2.52. The Kier molecular flexibility index (Phi) is 5.36. The highest BCUT2D eigenvalue weighted by Crippen LogP contribution is 2.02. The lowest BCUT2D eigenvalue weighted by atomic mass is 10.2. The molecule has 4 nitrogen and oxygen atoms in total. The maximum absolute atomic E-state index is 11.9. The van der Waals surface area contributed by atoms with Crippen molar-refractivity contribution in [2.75, 3.05) is 6.54 Å². The van der Waals surface area contributed by atoms with Gasteiger partial charge in [-0.1, -0.05) is 30.3 Å². The van der Waals surface area contributed by atoms with Crippen molar-refractivity contribution in [1.82, 2.24) is 10.2 Å². The number of hydrogen-bond donors (Lipinski definition) is 1. The predicted octanol–water partition coefficient (Wildman–Crippen LogP) is 1.56. The number of amides is 2. The maximum atomic E-state index is 11.9. The normalized spacial score (nSPS) is 11.7. The van der Waals surface area contributed by atoms with Crippen LogP contribution < -0.4 is 5.32 Å². The fourth-order valence-corrected chi connectivity index (χ4v) is 1.84. The molecule has 0 fully saturated rings. The van der Waals surface area contributed by atoms with Crippen LogP contribution in [0.15, 0.2) is 30.3 Å². The van der Waals surface area contributed by atoms with Gasteiger partial charge in [-0.15, -0.1) is 0 Å². The van der Waals surface area contributed by atoms with Gasteiger partial charge in [-0.05, 0) is 19.4 Å². The molecule has 0 aliphatic heterocycles. The third-order valence-corrected chi connectivity index (χ3v) is 2.90. The number of likely N-dealkylation sites (N-methyl/N-ethyl adjacent to an activating group) is 1. The number of rotatable bonds is 5. The summed E-state index contributed by atoms with van der Waals surface area (Å²) >= 11 is 0. The van der Waals surface area contributed by atoms with Gasteiger partial charge in [-0.25, -0.2) is 0 Å². The highest BCUT2D eigenvalue weighted by Gasteiger charge is 2.21. The van der Waals surface area contributed by atoms with Crippen molar-refractivity contribution in [2.45, 2.75) is 33.4 Å². The van der Waals surface area contributed by atoms with Gasteiger partial charge in [0.1, 0.15) is 6.04 Å². The fourth-order valence-electron chi connectivity index (χ4n) is 1.84. The van der Waals surface area contributed by atoms with Crippen molar-refractivity contribution in [3.8, 4) is 0 Å². The van der Waals surface area contributed by atoms with E-state index in [-0.39, 0.29) is 11.8 Å². The molecule has 0 heterocycles. The Morgan fingerprint density at radius 3 is 2.39 bits per heavy atom. The average Bonchev–Trinajstić information content (AvgIpc) is 2.37. The number of nitrogens with one attached hydrogen (secondary N) is 1. The molecule has 4 heteroatoms. The minimum Gasteiger partial charge on any atom is -0.350 e. The van der Waals surface area contributed by atoms with Crippen LogP contribution in [0.2, 0.25) is 0 Å². The molecular weight excluding hydrogens is 228 g/mol. The molecule has 18 heavy (non-hydrogen) atoms. The predicted molar refractivity (Wildman–Crippen MR) is 70.8 cm³/mol. The molecule has 1 rings (SSSR count). The summed E-state index contributed by atoms with van der Waals surface area (Å²) in [5.41, 5.74) is 1.05. The van der Waals surface area contributed by atoms with E-state index >= 15 is 0 Å². The van der Waals surface area contributed by atoms with Gasteiger partial charge in [0.2, 0.25) is 11.8 Å². The van der Waals surface area contributed by atoms with E-state index in [4.69, 9.17) is 0 Å². The molecule has 0 aliphatic rings. The minimum atomic E-state index is -0.434. The third kappa shape index (κ3) is 3.87. The Hall–Kier alpha value is -1.84.